The number of nitrogens with zero attached hydrogens (tertiary/aromatic N) is 5. The van der Waals surface area contributed by atoms with Crippen molar-refractivity contribution >= 4 is 29.3 Å². The molecule has 0 radical (unpaired) electrons. The van der Waals surface area contributed by atoms with E-state index in [-0.39, 0.29) is 24.4 Å². The summed E-state index contributed by atoms with van der Waals surface area (Å²) in [6.45, 7) is 5.59. The van der Waals surface area contributed by atoms with E-state index in [2.05, 4.69) is 33.7 Å². The Labute approximate surface area is 327 Å². The van der Waals surface area contributed by atoms with Crippen LogP contribution in [0.2, 0.25) is 0 Å². The zero-order valence-corrected chi connectivity index (χ0v) is 31.6. The van der Waals surface area contributed by atoms with Crippen molar-refractivity contribution in [3.05, 3.63) is 142 Å². The van der Waals surface area contributed by atoms with Gasteiger partial charge in [0.25, 0.3) is 11.8 Å². The second-order valence-electron chi connectivity index (χ2n) is 15.4. The molecule has 5 aromatic rings. The van der Waals surface area contributed by atoms with Crippen molar-refractivity contribution in [3.8, 4) is 11.3 Å². The van der Waals surface area contributed by atoms with Crippen LogP contribution in [-0.2, 0) is 43.6 Å². The highest BCUT2D eigenvalue weighted by Crippen LogP contribution is 2.39. The van der Waals surface area contributed by atoms with Crippen LogP contribution < -0.4 is 4.90 Å². The summed E-state index contributed by atoms with van der Waals surface area (Å²) in [5.41, 5.74) is 9.70. The Morgan fingerprint density at radius 3 is 2.11 bits per heavy atom. The Hall–Kier alpha value is -5.71. The first-order valence-electron chi connectivity index (χ1n) is 19.9. The van der Waals surface area contributed by atoms with Crippen LogP contribution in [0.4, 0.5) is 16.2 Å². The molecule has 0 bridgehead atoms. The molecular weight excluding hydrogens is 703 g/mol. The van der Waals surface area contributed by atoms with Gasteiger partial charge in [-0.2, -0.15) is 0 Å². The van der Waals surface area contributed by atoms with Gasteiger partial charge in [0.05, 0.1) is 18.8 Å². The Morgan fingerprint density at radius 1 is 0.696 bits per heavy atom. The molecule has 0 aliphatic carbocycles. The average molecular weight is 750 g/mol. The van der Waals surface area contributed by atoms with Crippen LogP contribution in [0.1, 0.15) is 61.5 Å². The summed E-state index contributed by atoms with van der Waals surface area (Å²) < 4.78 is 7.93. The van der Waals surface area contributed by atoms with Gasteiger partial charge in [0.1, 0.15) is 0 Å². The highest BCUT2D eigenvalue weighted by Gasteiger charge is 2.36. The van der Waals surface area contributed by atoms with Crippen LogP contribution in [0, 0.1) is 0 Å². The quantitative estimate of drug-likeness (QED) is 0.186. The standard InChI is InChI=1S/C46H47N5O5/c52-44(50-30-34-12-8-7-11-32(34)25-38(50)31-47-21-23-56-24-22-47)40-27-35-29-48(46(54)55)20-18-33(35)26-39(40)43-28-41(42-17-9-10-19-49(42)43)45(53)51(36-13-3-1-4-14-36)37-15-5-2-6-16-37/h1-8,11-16,26-28,38H,9-10,17-25,29-31H2,(H,54,55)/t38-/m0/s1. The third-order valence-corrected chi connectivity index (χ3v) is 12.0. The lowest BCUT2D eigenvalue weighted by molar-refractivity contribution is 0.0193. The van der Waals surface area contributed by atoms with E-state index in [4.69, 9.17) is 4.74 Å². The van der Waals surface area contributed by atoms with Gasteiger partial charge >= 0.3 is 6.09 Å². The lowest BCUT2D eigenvalue weighted by atomic mass is 9.89. The molecule has 10 heteroatoms. The number of amides is 3. The van der Waals surface area contributed by atoms with E-state index in [1.807, 2.05) is 83.8 Å². The Bertz CT molecular complexity index is 2230. The molecule has 0 saturated carbocycles. The topological polar surface area (TPSA) is 98.6 Å². The first-order chi connectivity index (χ1) is 27.4. The van der Waals surface area contributed by atoms with Crippen LogP contribution in [0.15, 0.2) is 103 Å². The van der Waals surface area contributed by atoms with Gasteiger partial charge in [-0.15, -0.1) is 0 Å². The van der Waals surface area contributed by atoms with Crippen LogP contribution >= 0.6 is 0 Å². The number of carboxylic acid groups (broad SMARTS) is 1. The lowest BCUT2D eigenvalue weighted by Gasteiger charge is -2.41. The number of aromatic nitrogens is 1. The molecule has 0 spiro atoms. The smallest absolute Gasteiger partial charge is 0.407 e. The van der Waals surface area contributed by atoms with E-state index in [0.717, 1.165) is 96.9 Å². The molecule has 56 heavy (non-hydrogen) atoms. The summed E-state index contributed by atoms with van der Waals surface area (Å²) in [6.07, 6.45) is 3.03. The first-order valence-corrected chi connectivity index (χ1v) is 19.9. The number of ether oxygens (including phenoxy) is 1. The molecule has 286 valence electrons. The van der Waals surface area contributed by atoms with Gasteiger partial charge in [-0.25, -0.2) is 4.79 Å². The van der Waals surface area contributed by atoms with Crippen molar-refractivity contribution < 1.29 is 24.2 Å². The number of hydrogen-bond acceptors (Lipinski definition) is 5. The fourth-order valence-corrected chi connectivity index (χ4v) is 9.13. The third kappa shape index (κ3) is 6.88. The van der Waals surface area contributed by atoms with Gasteiger partial charge in [-0.3, -0.25) is 19.4 Å². The minimum Gasteiger partial charge on any atom is -0.465 e. The zero-order chi connectivity index (χ0) is 38.2. The van der Waals surface area contributed by atoms with Crippen LogP contribution in [0.3, 0.4) is 0 Å². The molecule has 4 aromatic carbocycles. The Kier molecular flexibility index (Phi) is 9.91. The Morgan fingerprint density at radius 2 is 1.39 bits per heavy atom. The summed E-state index contributed by atoms with van der Waals surface area (Å²) >= 11 is 0. The summed E-state index contributed by atoms with van der Waals surface area (Å²) in [6, 6.07) is 33.9. The number of fused-ring (bicyclic) bond motifs is 3. The van der Waals surface area contributed by atoms with Gasteiger partial charge < -0.3 is 24.2 Å². The van der Waals surface area contributed by atoms with E-state index in [0.29, 0.717) is 43.9 Å². The monoisotopic (exact) mass is 749 g/mol. The molecule has 9 rings (SSSR count). The third-order valence-electron chi connectivity index (χ3n) is 12.0. The van der Waals surface area contributed by atoms with Gasteiger partial charge in [0.15, 0.2) is 0 Å². The van der Waals surface area contributed by atoms with E-state index in [1.54, 1.807) is 4.90 Å². The molecule has 1 aromatic heterocycles. The minimum absolute atomic E-state index is 0.0569. The molecule has 3 amide bonds. The molecule has 1 atom stereocenters. The summed E-state index contributed by atoms with van der Waals surface area (Å²) in [5, 5.41) is 9.96. The number of morpholine rings is 1. The van der Waals surface area contributed by atoms with E-state index < -0.39 is 6.09 Å². The van der Waals surface area contributed by atoms with E-state index >= 15 is 4.79 Å². The summed E-state index contributed by atoms with van der Waals surface area (Å²) in [7, 11) is 0. The second-order valence-corrected chi connectivity index (χ2v) is 15.4. The molecular formula is C46H47N5O5. The largest absolute Gasteiger partial charge is 0.465 e. The summed E-state index contributed by atoms with van der Waals surface area (Å²) in [4.78, 5) is 50.2. The van der Waals surface area contributed by atoms with Gasteiger partial charge in [-0.05, 0) is 96.8 Å². The van der Waals surface area contributed by atoms with Gasteiger partial charge in [-0.1, -0.05) is 60.7 Å². The van der Waals surface area contributed by atoms with Crippen molar-refractivity contribution in [2.24, 2.45) is 0 Å². The number of anilines is 2. The number of benzene rings is 4. The maximum atomic E-state index is 15.4. The maximum Gasteiger partial charge on any atom is 0.407 e. The second kappa shape index (κ2) is 15.4. The predicted molar refractivity (Wildman–Crippen MR) is 215 cm³/mol. The number of hydrogen-bond donors (Lipinski definition) is 1. The van der Waals surface area contributed by atoms with Crippen LogP contribution in [0.5, 0.6) is 0 Å². The maximum absolute atomic E-state index is 15.4. The molecule has 1 N–H and O–H groups in total. The van der Waals surface area contributed by atoms with Crippen molar-refractivity contribution in [1.82, 2.24) is 19.3 Å². The molecule has 5 heterocycles. The van der Waals surface area contributed by atoms with Crippen molar-refractivity contribution in [3.63, 3.8) is 0 Å². The molecule has 10 nitrogen and oxygen atoms in total. The number of carbonyl (C=O) groups excluding carboxylic acids is 2. The lowest BCUT2D eigenvalue weighted by Crippen LogP contribution is -2.52. The highest BCUT2D eigenvalue weighted by molar-refractivity contribution is 6.12. The molecule has 0 unspecified atom stereocenters. The molecule has 1 saturated heterocycles. The molecule has 1 fully saturated rings. The number of rotatable bonds is 7. The van der Waals surface area contributed by atoms with Gasteiger partial charge in [0, 0.05) is 85.7 Å². The van der Waals surface area contributed by atoms with Crippen LogP contribution in [-0.4, -0.2) is 87.7 Å². The van der Waals surface area contributed by atoms with E-state index in [1.165, 1.54) is 10.5 Å². The van der Waals surface area contributed by atoms with Gasteiger partial charge in [0.2, 0.25) is 0 Å². The predicted octanol–water partition coefficient (Wildman–Crippen LogP) is 7.41. The average Bonchev–Trinajstić information content (AvgIpc) is 3.63. The van der Waals surface area contributed by atoms with E-state index in [9.17, 15) is 14.7 Å². The molecule has 4 aliphatic rings. The minimum atomic E-state index is -0.962. The fourth-order valence-electron chi connectivity index (χ4n) is 9.13. The van der Waals surface area contributed by atoms with Crippen molar-refractivity contribution in [2.45, 2.75) is 57.8 Å². The highest BCUT2D eigenvalue weighted by atomic mass is 16.5. The Balaban J connectivity index is 1.18. The summed E-state index contributed by atoms with van der Waals surface area (Å²) in [5.74, 6) is -0.183. The SMILES string of the molecule is O=C(O)N1CCc2cc(-c3cc(C(=O)N(c4ccccc4)c4ccccc4)c4n3CCCC4)c(C(=O)N3Cc4ccccc4C[C@H]3CN3CCOCC3)cc2C1. The number of carbonyl (C=O) groups is 3. The fraction of sp³-hybridized carbons (Fsp3) is 0.326. The normalized spacial score (nSPS) is 18.1. The first kappa shape index (κ1) is 36.0. The van der Waals surface area contributed by atoms with Crippen molar-refractivity contribution in [1.29, 1.82) is 0 Å². The zero-order valence-electron chi connectivity index (χ0n) is 31.6. The van der Waals surface area contributed by atoms with Crippen LogP contribution in [0.25, 0.3) is 11.3 Å². The van der Waals surface area contributed by atoms with Crippen molar-refractivity contribution in [2.75, 3.05) is 44.3 Å². The molecule has 4 aliphatic heterocycles. The number of para-hydroxylation sites is 2.